The normalized spacial score (nSPS) is 24.4. The van der Waals surface area contributed by atoms with Crippen molar-refractivity contribution < 1.29 is 37.8 Å². The topological polar surface area (TPSA) is 179 Å². The summed E-state index contributed by atoms with van der Waals surface area (Å²) >= 11 is 11.3. The SMILES string of the molecule is CC(=O)O[C@@H]1[C@H](OC(C)=O)[C@@H](COP(=O)(O)N(CCCl)CCCl)O[C@H]1n1ncc(=O)[nH]c1=O. The van der Waals surface area contributed by atoms with E-state index in [4.69, 9.17) is 41.9 Å². The maximum atomic E-state index is 12.7. The fraction of sp³-hybridized carbons (Fsp3) is 0.688. The van der Waals surface area contributed by atoms with Gasteiger partial charge in [-0.15, -0.1) is 23.2 Å². The lowest BCUT2D eigenvalue weighted by Gasteiger charge is -2.27. The van der Waals surface area contributed by atoms with Crippen molar-refractivity contribution in [1.29, 1.82) is 0 Å². The molecular formula is C16H23Cl2N4O10P. The van der Waals surface area contributed by atoms with E-state index in [0.29, 0.717) is 4.68 Å². The van der Waals surface area contributed by atoms with Gasteiger partial charge in [0.05, 0.1) is 6.61 Å². The Labute approximate surface area is 197 Å². The van der Waals surface area contributed by atoms with Gasteiger partial charge in [-0.1, -0.05) is 0 Å². The monoisotopic (exact) mass is 532 g/mol. The molecule has 0 amide bonds. The number of halogens is 2. The van der Waals surface area contributed by atoms with Gasteiger partial charge in [0.15, 0.2) is 18.4 Å². The van der Waals surface area contributed by atoms with E-state index in [9.17, 15) is 28.6 Å². The lowest BCUT2D eigenvalue weighted by Crippen LogP contribution is -2.43. The van der Waals surface area contributed by atoms with Crippen LogP contribution in [0.25, 0.3) is 0 Å². The molecule has 1 unspecified atom stereocenters. The molecule has 186 valence electrons. The molecule has 1 aromatic rings. The molecule has 1 saturated heterocycles. The molecule has 1 aliphatic rings. The van der Waals surface area contributed by atoms with Gasteiger partial charge in [0, 0.05) is 38.7 Å². The van der Waals surface area contributed by atoms with Crippen LogP contribution in [-0.2, 0) is 32.9 Å². The summed E-state index contributed by atoms with van der Waals surface area (Å²) in [6, 6.07) is 0. The lowest BCUT2D eigenvalue weighted by molar-refractivity contribution is -0.166. The molecular weight excluding hydrogens is 510 g/mol. The fourth-order valence-electron chi connectivity index (χ4n) is 3.05. The Morgan fingerprint density at radius 1 is 1.21 bits per heavy atom. The van der Waals surface area contributed by atoms with E-state index in [2.05, 4.69) is 5.10 Å². The first kappa shape index (κ1) is 27.4. The van der Waals surface area contributed by atoms with Crippen LogP contribution in [0.4, 0.5) is 0 Å². The molecule has 2 heterocycles. The third kappa shape index (κ3) is 7.34. The van der Waals surface area contributed by atoms with Crippen molar-refractivity contribution in [2.24, 2.45) is 0 Å². The van der Waals surface area contributed by atoms with Crippen LogP contribution < -0.4 is 11.2 Å². The van der Waals surface area contributed by atoms with E-state index in [1.165, 1.54) is 0 Å². The summed E-state index contributed by atoms with van der Waals surface area (Å²) in [5, 5.41) is 3.67. The van der Waals surface area contributed by atoms with Gasteiger partial charge in [0.25, 0.3) is 5.56 Å². The molecule has 2 N–H and O–H groups in total. The Balaban J connectivity index is 2.36. The van der Waals surface area contributed by atoms with E-state index in [0.717, 1.165) is 24.7 Å². The van der Waals surface area contributed by atoms with Crippen molar-refractivity contribution in [1.82, 2.24) is 19.4 Å². The minimum Gasteiger partial charge on any atom is -0.456 e. The number of H-pyrrole nitrogens is 1. The number of esters is 2. The highest BCUT2D eigenvalue weighted by Gasteiger charge is 2.51. The van der Waals surface area contributed by atoms with Crippen LogP contribution in [0.1, 0.15) is 20.1 Å². The van der Waals surface area contributed by atoms with Gasteiger partial charge >= 0.3 is 25.4 Å². The molecule has 5 atom stereocenters. The molecule has 2 rings (SSSR count). The highest BCUT2D eigenvalue weighted by atomic mass is 35.5. The lowest BCUT2D eigenvalue weighted by atomic mass is 10.1. The predicted molar refractivity (Wildman–Crippen MR) is 113 cm³/mol. The molecule has 1 aromatic heterocycles. The minimum absolute atomic E-state index is 0.00363. The fourth-order valence-corrected chi connectivity index (χ4v) is 4.90. The Morgan fingerprint density at radius 2 is 1.79 bits per heavy atom. The van der Waals surface area contributed by atoms with Crippen molar-refractivity contribution in [2.75, 3.05) is 31.5 Å². The number of nitrogens with zero attached hydrogens (tertiary/aromatic N) is 3. The van der Waals surface area contributed by atoms with Gasteiger partial charge < -0.3 is 19.1 Å². The van der Waals surface area contributed by atoms with E-state index in [-0.39, 0.29) is 24.8 Å². The second-order valence-corrected chi connectivity index (χ2v) is 9.28. The summed E-state index contributed by atoms with van der Waals surface area (Å²) in [6.07, 6.45) is -4.66. The van der Waals surface area contributed by atoms with Gasteiger partial charge in [-0.2, -0.15) is 9.78 Å². The molecule has 0 bridgehead atoms. The molecule has 0 saturated carbocycles. The maximum Gasteiger partial charge on any atom is 0.405 e. The van der Waals surface area contributed by atoms with Crippen molar-refractivity contribution in [3.8, 4) is 0 Å². The van der Waals surface area contributed by atoms with Crippen LogP contribution in [0, 0.1) is 0 Å². The smallest absolute Gasteiger partial charge is 0.405 e. The first-order chi connectivity index (χ1) is 15.5. The summed E-state index contributed by atoms with van der Waals surface area (Å²) < 4.78 is 35.7. The largest absolute Gasteiger partial charge is 0.456 e. The summed E-state index contributed by atoms with van der Waals surface area (Å²) in [7, 11) is -4.40. The minimum atomic E-state index is -4.40. The van der Waals surface area contributed by atoms with Gasteiger partial charge in [-0.05, 0) is 0 Å². The Kier molecular flexibility index (Phi) is 10.0. The van der Waals surface area contributed by atoms with E-state index < -0.39 is 62.1 Å². The predicted octanol–water partition coefficient (Wildman–Crippen LogP) is -0.411. The molecule has 1 fully saturated rings. The molecule has 0 aliphatic carbocycles. The van der Waals surface area contributed by atoms with Crippen LogP contribution in [0.3, 0.4) is 0 Å². The second kappa shape index (κ2) is 12.1. The molecule has 0 aromatic carbocycles. The average Bonchev–Trinajstić information content (AvgIpc) is 3.02. The van der Waals surface area contributed by atoms with Crippen LogP contribution in [0.5, 0.6) is 0 Å². The molecule has 33 heavy (non-hydrogen) atoms. The zero-order valence-corrected chi connectivity index (χ0v) is 20.0. The zero-order chi connectivity index (χ0) is 24.8. The van der Waals surface area contributed by atoms with Crippen molar-refractivity contribution in [3.05, 3.63) is 27.0 Å². The summed E-state index contributed by atoms with van der Waals surface area (Å²) in [6.45, 7) is 1.54. The zero-order valence-electron chi connectivity index (χ0n) is 17.6. The summed E-state index contributed by atoms with van der Waals surface area (Å²) in [5.74, 6) is -1.53. The Bertz CT molecular complexity index is 998. The number of aromatic amines is 1. The molecule has 14 nitrogen and oxygen atoms in total. The number of hydrogen-bond acceptors (Lipinski definition) is 10. The quantitative estimate of drug-likeness (QED) is 0.214. The Hall–Kier alpha value is -1.80. The molecule has 1 aliphatic heterocycles. The first-order valence-corrected chi connectivity index (χ1v) is 12.1. The number of rotatable bonds is 11. The van der Waals surface area contributed by atoms with Crippen molar-refractivity contribution >= 4 is 42.9 Å². The van der Waals surface area contributed by atoms with Crippen molar-refractivity contribution in [2.45, 2.75) is 38.4 Å². The van der Waals surface area contributed by atoms with Gasteiger partial charge in [0.2, 0.25) is 0 Å². The third-order valence-electron chi connectivity index (χ3n) is 4.32. The Morgan fingerprint density at radius 3 is 2.30 bits per heavy atom. The number of ether oxygens (including phenoxy) is 3. The van der Waals surface area contributed by atoms with E-state index >= 15 is 0 Å². The van der Waals surface area contributed by atoms with Crippen LogP contribution in [0.2, 0.25) is 0 Å². The van der Waals surface area contributed by atoms with Gasteiger partial charge in [-0.3, -0.25) is 23.9 Å². The number of alkyl halides is 2. The summed E-state index contributed by atoms with van der Waals surface area (Å²) in [5.41, 5.74) is -1.77. The third-order valence-corrected chi connectivity index (χ3v) is 6.26. The van der Waals surface area contributed by atoms with E-state index in [1.807, 2.05) is 4.98 Å². The average molecular weight is 533 g/mol. The van der Waals surface area contributed by atoms with Crippen LogP contribution in [-0.4, -0.2) is 86.0 Å². The molecule has 0 radical (unpaired) electrons. The number of carbonyl (C=O) groups excluding carboxylic acids is 2. The van der Waals surface area contributed by atoms with E-state index in [1.54, 1.807) is 0 Å². The number of carbonyl (C=O) groups is 2. The van der Waals surface area contributed by atoms with Crippen molar-refractivity contribution in [3.63, 3.8) is 0 Å². The first-order valence-electron chi connectivity index (χ1n) is 9.53. The number of aromatic nitrogens is 3. The standard InChI is InChI=1S/C16H23Cl2N4O10P/c1-9(23)30-13-11(8-29-33(27,28)21(5-3-17)6-4-18)32-15(14(13)31-10(2)24)22-16(26)20-12(25)7-19-22/h7,11,13-15H,3-6,8H2,1-2H3,(H,27,28)(H,20,25,26)/t11-,13-,14-,15-/m1/s1. The highest BCUT2D eigenvalue weighted by molar-refractivity contribution is 7.50. The molecule has 0 spiro atoms. The number of hydrogen-bond donors (Lipinski definition) is 2. The van der Waals surface area contributed by atoms with Crippen LogP contribution in [0.15, 0.2) is 15.8 Å². The summed E-state index contributed by atoms with van der Waals surface area (Å²) in [4.78, 5) is 59.2. The highest BCUT2D eigenvalue weighted by Crippen LogP contribution is 2.47. The van der Waals surface area contributed by atoms with Gasteiger partial charge in [-0.25, -0.2) is 14.0 Å². The van der Waals surface area contributed by atoms with Crippen LogP contribution >= 0.6 is 30.9 Å². The molecule has 17 heteroatoms. The maximum absolute atomic E-state index is 12.7. The number of nitrogens with one attached hydrogen (secondary N) is 1. The second-order valence-electron chi connectivity index (χ2n) is 6.71. The van der Waals surface area contributed by atoms with Gasteiger partial charge in [0.1, 0.15) is 12.3 Å².